The number of pyridine rings is 1. The van der Waals surface area contributed by atoms with E-state index in [1.165, 1.54) is 0 Å². The van der Waals surface area contributed by atoms with Crippen LogP contribution in [0.1, 0.15) is 31.2 Å². The average molecular weight is 488 g/mol. The van der Waals surface area contributed by atoms with Crippen LogP contribution in [0.5, 0.6) is 0 Å². The molecule has 1 aromatic heterocycles. The molecule has 0 spiro atoms. The highest BCUT2D eigenvalue weighted by atomic mass is 32.2. The zero-order chi connectivity index (χ0) is 24.8. The molecule has 0 unspecified atom stereocenters. The van der Waals surface area contributed by atoms with Gasteiger partial charge in [0.15, 0.2) is 0 Å². The number of aromatic nitrogens is 1. The van der Waals surface area contributed by atoms with Gasteiger partial charge in [0.2, 0.25) is 5.91 Å². The molecule has 2 aromatic carbocycles. The van der Waals surface area contributed by atoms with Crippen molar-refractivity contribution in [1.82, 2.24) is 9.71 Å². The number of rotatable bonds is 10. The number of amides is 2. The first-order chi connectivity index (χ1) is 16.2. The first-order valence-corrected chi connectivity index (χ1v) is 12.2. The van der Waals surface area contributed by atoms with Crippen molar-refractivity contribution in [2.45, 2.75) is 32.3 Å². The number of anilines is 1. The Morgan fingerprint density at radius 2 is 1.68 bits per heavy atom. The quantitative estimate of drug-likeness (QED) is 0.321. The second-order valence-electron chi connectivity index (χ2n) is 7.31. The summed E-state index contributed by atoms with van der Waals surface area (Å²) in [5.41, 5.74) is 7.27. The minimum absolute atomic E-state index is 0.0820. The van der Waals surface area contributed by atoms with E-state index < -0.39 is 16.3 Å². The molecule has 0 saturated carbocycles. The fourth-order valence-corrected chi connectivity index (χ4v) is 3.32. The number of nitrogens with two attached hydrogens (primary N) is 2. The van der Waals surface area contributed by atoms with E-state index in [1.807, 2.05) is 60.7 Å². The zero-order valence-electron chi connectivity index (χ0n) is 18.6. The van der Waals surface area contributed by atoms with Gasteiger partial charge in [-0.05, 0) is 30.5 Å². The number of hydrogen-bond acceptors (Lipinski definition) is 6. The number of carbonyl (C=O) groups excluding carboxylic acids is 2. The molecule has 3 rings (SSSR count). The lowest BCUT2D eigenvalue weighted by Gasteiger charge is -2.06. The fraction of sp³-hybridized carbons (Fsp3) is 0.261. The van der Waals surface area contributed by atoms with Crippen molar-refractivity contribution >= 4 is 38.8 Å². The molecule has 182 valence electrons. The summed E-state index contributed by atoms with van der Waals surface area (Å²) in [6, 6.07) is 19.0. The van der Waals surface area contributed by atoms with Crippen molar-refractivity contribution in [3.8, 4) is 0 Å². The second-order valence-corrected chi connectivity index (χ2v) is 8.69. The van der Waals surface area contributed by atoms with Gasteiger partial charge in [-0.2, -0.15) is 8.42 Å². The van der Waals surface area contributed by atoms with Crippen molar-refractivity contribution < 1.29 is 22.7 Å². The molecule has 0 saturated heterocycles. The Morgan fingerprint density at radius 3 is 2.38 bits per heavy atom. The predicted molar refractivity (Wildman–Crippen MR) is 131 cm³/mol. The van der Waals surface area contributed by atoms with Crippen molar-refractivity contribution in [1.29, 1.82) is 0 Å². The van der Waals surface area contributed by atoms with Crippen LogP contribution >= 0.6 is 0 Å². The van der Waals surface area contributed by atoms with Gasteiger partial charge in [0, 0.05) is 18.4 Å². The van der Waals surface area contributed by atoms with E-state index in [-0.39, 0.29) is 19.1 Å². The Labute approximate surface area is 198 Å². The molecular formula is C23H29N5O5S. The molecule has 2 amide bonds. The highest BCUT2D eigenvalue weighted by Crippen LogP contribution is 2.16. The van der Waals surface area contributed by atoms with Gasteiger partial charge < -0.3 is 15.8 Å². The predicted octanol–water partition coefficient (Wildman–Crippen LogP) is 2.81. The van der Waals surface area contributed by atoms with Crippen molar-refractivity contribution in [2.24, 2.45) is 10.9 Å². The minimum atomic E-state index is -3.62. The number of ether oxygens (including phenoxy) is 1. The van der Waals surface area contributed by atoms with Crippen molar-refractivity contribution in [2.75, 3.05) is 11.9 Å². The molecule has 0 radical (unpaired) electrons. The average Bonchev–Trinajstić information content (AvgIpc) is 2.80. The molecule has 34 heavy (non-hydrogen) atoms. The van der Waals surface area contributed by atoms with Crippen LogP contribution in [0.15, 0.2) is 66.9 Å². The van der Waals surface area contributed by atoms with Crippen LogP contribution in [0.4, 0.5) is 10.5 Å². The van der Waals surface area contributed by atoms with Crippen LogP contribution < -0.4 is 20.9 Å². The number of nitrogens with one attached hydrogen (secondary N) is 2. The summed E-state index contributed by atoms with van der Waals surface area (Å²) in [5, 5.41) is 8.60. The molecule has 0 aliphatic carbocycles. The molecule has 0 bridgehead atoms. The van der Waals surface area contributed by atoms with E-state index in [4.69, 9.17) is 10.9 Å². The number of para-hydroxylation sites is 1. The highest BCUT2D eigenvalue weighted by Gasteiger charge is 2.04. The number of fused-ring (bicyclic) bond motifs is 1. The molecule has 0 aliphatic heterocycles. The highest BCUT2D eigenvalue weighted by molar-refractivity contribution is 7.87. The van der Waals surface area contributed by atoms with Gasteiger partial charge in [-0.1, -0.05) is 55.0 Å². The monoisotopic (exact) mass is 487 g/mol. The number of unbranched alkanes of at least 4 members (excludes halogenated alkanes) is 2. The lowest BCUT2D eigenvalue weighted by atomic mass is 10.2. The largest absolute Gasteiger partial charge is 0.445 e. The number of primary amides is 1. The van der Waals surface area contributed by atoms with Gasteiger partial charge in [0.1, 0.15) is 6.61 Å². The van der Waals surface area contributed by atoms with Gasteiger partial charge in [0.05, 0.1) is 17.4 Å². The summed E-state index contributed by atoms with van der Waals surface area (Å²) in [4.78, 5) is 26.3. The van der Waals surface area contributed by atoms with Gasteiger partial charge in [-0.15, -0.1) is 0 Å². The zero-order valence-corrected chi connectivity index (χ0v) is 19.5. The Kier molecular flexibility index (Phi) is 10.9. The summed E-state index contributed by atoms with van der Waals surface area (Å²) < 4.78 is 28.1. The van der Waals surface area contributed by atoms with E-state index in [0.717, 1.165) is 22.9 Å². The van der Waals surface area contributed by atoms with Gasteiger partial charge in [-0.3, -0.25) is 9.78 Å². The normalized spacial score (nSPS) is 10.7. The SMILES string of the molecule is NC(=O)OCc1ccccc1.NS(=O)(=O)NCCCCCC(=O)Nc1cnc2ccccc2c1. The van der Waals surface area contributed by atoms with Gasteiger partial charge in [-0.25, -0.2) is 14.7 Å². The molecule has 0 aliphatic rings. The standard InChI is InChI=1S/C15H20N4O3S.C8H9NO2/c16-23(21,22)18-9-5-1-2-8-15(20)19-13-10-12-6-3-4-7-14(12)17-11-13;9-8(10)11-6-7-4-2-1-3-5-7/h3-4,6-7,10-11,18H,1-2,5,8-9H2,(H,19,20)(H2,16,21,22);1-5H,6H2,(H2,9,10). The molecule has 0 fully saturated rings. The van der Waals surface area contributed by atoms with E-state index in [1.54, 1.807) is 6.20 Å². The molecule has 11 heteroatoms. The lowest BCUT2D eigenvalue weighted by Crippen LogP contribution is -2.31. The third kappa shape index (κ3) is 11.4. The number of benzene rings is 2. The Balaban J connectivity index is 0.000000310. The summed E-state index contributed by atoms with van der Waals surface area (Å²) in [7, 11) is -3.62. The summed E-state index contributed by atoms with van der Waals surface area (Å²) in [6.45, 7) is 0.533. The minimum Gasteiger partial charge on any atom is -0.445 e. The van der Waals surface area contributed by atoms with E-state index in [0.29, 0.717) is 24.9 Å². The first-order valence-electron chi connectivity index (χ1n) is 10.6. The molecule has 10 nitrogen and oxygen atoms in total. The van der Waals surface area contributed by atoms with Crippen molar-refractivity contribution in [3.05, 3.63) is 72.4 Å². The van der Waals surface area contributed by atoms with Crippen LogP contribution in [0.25, 0.3) is 10.9 Å². The van der Waals surface area contributed by atoms with Gasteiger partial charge in [0.25, 0.3) is 10.2 Å². The number of nitrogens with zero attached hydrogens (tertiary/aromatic N) is 1. The third-order valence-corrected chi connectivity index (χ3v) is 5.09. The third-order valence-electron chi connectivity index (χ3n) is 4.48. The molecule has 3 aromatic rings. The summed E-state index contributed by atoms with van der Waals surface area (Å²) in [6.07, 6.45) is 3.33. The first kappa shape index (κ1) is 26.7. The maximum Gasteiger partial charge on any atom is 0.404 e. The van der Waals surface area contributed by atoms with Crippen LogP contribution in [0, 0.1) is 0 Å². The molecule has 6 N–H and O–H groups in total. The summed E-state index contributed by atoms with van der Waals surface area (Å²) >= 11 is 0. The maximum absolute atomic E-state index is 11.9. The molecule has 0 atom stereocenters. The van der Waals surface area contributed by atoms with E-state index in [2.05, 4.69) is 19.8 Å². The van der Waals surface area contributed by atoms with E-state index >= 15 is 0 Å². The lowest BCUT2D eigenvalue weighted by molar-refractivity contribution is -0.116. The van der Waals surface area contributed by atoms with Crippen LogP contribution in [-0.4, -0.2) is 31.9 Å². The van der Waals surface area contributed by atoms with Crippen LogP contribution in [0.2, 0.25) is 0 Å². The Morgan fingerprint density at radius 1 is 0.971 bits per heavy atom. The number of hydrogen-bond donors (Lipinski definition) is 4. The number of carbonyl (C=O) groups is 2. The topological polar surface area (TPSA) is 166 Å². The van der Waals surface area contributed by atoms with Crippen LogP contribution in [0.3, 0.4) is 0 Å². The van der Waals surface area contributed by atoms with E-state index in [9.17, 15) is 18.0 Å². The van der Waals surface area contributed by atoms with Crippen LogP contribution in [-0.2, 0) is 26.3 Å². The smallest absolute Gasteiger partial charge is 0.404 e. The fourth-order valence-electron chi connectivity index (χ4n) is 2.89. The Bertz CT molecular complexity index is 1170. The van der Waals surface area contributed by atoms with Crippen molar-refractivity contribution in [3.63, 3.8) is 0 Å². The molecular weight excluding hydrogens is 458 g/mol. The Hall–Kier alpha value is -3.54. The maximum atomic E-state index is 11.9. The summed E-state index contributed by atoms with van der Waals surface area (Å²) in [5.74, 6) is -0.0820. The van der Waals surface area contributed by atoms with Gasteiger partial charge >= 0.3 is 6.09 Å². The molecule has 1 heterocycles. The second kappa shape index (κ2) is 13.9.